The molecule has 0 radical (unpaired) electrons. The monoisotopic (exact) mass is 603 g/mol. The van der Waals surface area contributed by atoms with Crippen LogP contribution in [0.5, 0.6) is 0 Å². The van der Waals surface area contributed by atoms with Crippen molar-refractivity contribution < 1.29 is 0 Å². The van der Waals surface area contributed by atoms with Crippen LogP contribution in [0.2, 0.25) is 0 Å². The van der Waals surface area contributed by atoms with E-state index in [0.29, 0.717) is 5.82 Å². The third kappa shape index (κ3) is 3.31. The lowest BCUT2D eigenvalue weighted by Crippen LogP contribution is -1.99. The van der Waals surface area contributed by atoms with Crippen molar-refractivity contribution >= 4 is 92.5 Å². The van der Waals surface area contributed by atoms with E-state index < -0.39 is 0 Å². The van der Waals surface area contributed by atoms with Gasteiger partial charge in [-0.25, -0.2) is 9.97 Å². The number of nitrogens with zero attached hydrogens (tertiary/aromatic N) is 3. The standard InChI is InChI=1S/C42H25N3S/c1-3-27-34(4-2)43-42(44-38(27)25-11-6-5-7-12-25)26-19-22-36-33(23-26)32-21-18-24-17-20-31-30-15-10-14-29-28-13-8-9-16-35(28)45(39(29)30)40(31)37(24)41(32)46-36/h3-23H,1-2H2. The predicted molar refractivity (Wildman–Crippen MR) is 198 cm³/mol. The first-order chi connectivity index (χ1) is 22.7. The predicted octanol–water partition coefficient (Wildman–Crippen LogP) is 11.8. The van der Waals surface area contributed by atoms with Gasteiger partial charge in [-0.1, -0.05) is 110 Å². The molecule has 0 saturated carbocycles. The molecule has 0 bridgehead atoms. The van der Waals surface area contributed by atoms with E-state index in [1.54, 1.807) is 6.08 Å². The molecule has 0 saturated heterocycles. The largest absolute Gasteiger partial charge is 0.307 e. The van der Waals surface area contributed by atoms with Crippen LogP contribution in [0, 0.1) is 0 Å². The molecule has 0 spiro atoms. The molecule has 0 amide bonds. The van der Waals surface area contributed by atoms with Crippen LogP contribution in [0.1, 0.15) is 11.3 Å². The van der Waals surface area contributed by atoms with E-state index in [2.05, 4.69) is 115 Å². The summed E-state index contributed by atoms with van der Waals surface area (Å²) in [6.45, 7) is 8.11. The Balaban J connectivity index is 1.28. The molecule has 0 unspecified atom stereocenters. The summed E-state index contributed by atoms with van der Waals surface area (Å²) in [5.41, 5.74) is 8.38. The van der Waals surface area contributed by atoms with Crippen molar-refractivity contribution in [2.75, 3.05) is 0 Å². The highest BCUT2D eigenvalue weighted by molar-refractivity contribution is 7.26. The van der Waals surface area contributed by atoms with Gasteiger partial charge in [0.1, 0.15) is 0 Å². The van der Waals surface area contributed by atoms with Crippen molar-refractivity contribution in [3.05, 3.63) is 140 Å². The van der Waals surface area contributed by atoms with Gasteiger partial charge in [-0.15, -0.1) is 11.3 Å². The molecule has 46 heavy (non-hydrogen) atoms. The molecule has 0 N–H and O–H groups in total. The van der Waals surface area contributed by atoms with Crippen LogP contribution < -0.4 is 0 Å². The van der Waals surface area contributed by atoms with E-state index >= 15 is 0 Å². The highest BCUT2D eigenvalue weighted by Gasteiger charge is 2.21. The minimum Gasteiger partial charge on any atom is -0.307 e. The fraction of sp³-hybridized carbons (Fsp3) is 0. The van der Waals surface area contributed by atoms with E-state index in [1.807, 2.05) is 35.6 Å². The normalized spacial score (nSPS) is 12.1. The molecule has 4 aromatic heterocycles. The number of hydrogen-bond donors (Lipinski definition) is 0. The Hall–Kier alpha value is -5.84. The maximum absolute atomic E-state index is 5.10. The first-order valence-corrected chi connectivity index (χ1v) is 16.2. The highest BCUT2D eigenvalue weighted by Crippen LogP contribution is 2.46. The number of benzene rings is 6. The van der Waals surface area contributed by atoms with Gasteiger partial charge in [0.25, 0.3) is 0 Å². The van der Waals surface area contributed by atoms with E-state index in [4.69, 9.17) is 9.97 Å². The minimum absolute atomic E-state index is 0.680. The van der Waals surface area contributed by atoms with Crippen molar-refractivity contribution in [3.63, 3.8) is 0 Å². The number of hydrogen-bond acceptors (Lipinski definition) is 3. The zero-order valence-electron chi connectivity index (χ0n) is 24.8. The molecule has 4 heteroatoms. The lowest BCUT2D eigenvalue weighted by atomic mass is 10.0. The average Bonchev–Trinajstić information content (AvgIpc) is 3.78. The Labute approximate surface area is 268 Å². The summed E-state index contributed by atoms with van der Waals surface area (Å²) >= 11 is 1.87. The summed E-state index contributed by atoms with van der Waals surface area (Å²) in [5.74, 6) is 0.680. The van der Waals surface area contributed by atoms with Crippen molar-refractivity contribution in [1.29, 1.82) is 0 Å². The van der Waals surface area contributed by atoms with Crippen LogP contribution in [0.4, 0.5) is 0 Å². The van der Waals surface area contributed by atoms with Crippen LogP contribution in [0.25, 0.3) is 104 Å². The molecule has 6 aromatic carbocycles. The topological polar surface area (TPSA) is 30.2 Å². The molecule has 0 aliphatic rings. The average molecular weight is 604 g/mol. The van der Waals surface area contributed by atoms with Gasteiger partial charge in [0, 0.05) is 63.8 Å². The van der Waals surface area contributed by atoms with Crippen molar-refractivity contribution in [2.45, 2.75) is 0 Å². The smallest absolute Gasteiger partial charge is 0.160 e. The number of thiophene rings is 1. The number of aromatic nitrogens is 3. The summed E-state index contributed by atoms with van der Waals surface area (Å²) in [7, 11) is 0. The maximum atomic E-state index is 5.10. The van der Waals surface area contributed by atoms with E-state index in [-0.39, 0.29) is 0 Å². The van der Waals surface area contributed by atoms with Gasteiger partial charge in [-0.2, -0.15) is 0 Å². The zero-order valence-corrected chi connectivity index (χ0v) is 25.6. The lowest BCUT2D eigenvalue weighted by Gasteiger charge is -2.12. The second-order valence-corrected chi connectivity index (χ2v) is 12.9. The Morgan fingerprint density at radius 1 is 0.587 bits per heavy atom. The maximum Gasteiger partial charge on any atom is 0.160 e. The van der Waals surface area contributed by atoms with Gasteiger partial charge in [-0.05, 0) is 35.7 Å². The Morgan fingerprint density at radius 3 is 2.15 bits per heavy atom. The molecule has 0 aliphatic heterocycles. The molecule has 0 aliphatic carbocycles. The minimum atomic E-state index is 0.680. The van der Waals surface area contributed by atoms with E-state index in [0.717, 1.165) is 28.1 Å². The number of fused-ring (bicyclic) bond motifs is 12. The van der Waals surface area contributed by atoms with Gasteiger partial charge >= 0.3 is 0 Å². The van der Waals surface area contributed by atoms with Gasteiger partial charge < -0.3 is 4.40 Å². The van der Waals surface area contributed by atoms with Crippen LogP contribution >= 0.6 is 11.3 Å². The van der Waals surface area contributed by atoms with Crippen molar-refractivity contribution in [2.24, 2.45) is 0 Å². The molecule has 4 heterocycles. The van der Waals surface area contributed by atoms with Crippen molar-refractivity contribution in [1.82, 2.24) is 14.4 Å². The third-order valence-electron chi connectivity index (χ3n) is 9.48. The van der Waals surface area contributed by atoms with E-state index in [9.17, 15) is 0 Å². The SMILES string of the molecule is C=Cc1nc(-c2ccc3sc4c(ccc5ccc6c7cccc8c9ccccc9n(c87)c6c54)c3c2)nc(-c2ccccc2)c1C=C. The second-order valence-electron chi connectivity index (χ2n) is 11.8. The van der Waals surface area contributed by atoms with Crippen molar-refractivity contribution in [3.8, 4) is 22.6 Å². The molecule has 214 valence electrons. The molecule has 10 aromatic rings. The molecule has 10 rings (SSSR count). The summed E-state index contributed by atoms with van der Waals surface area (Å²) in [6, 6.07) is 41.5. The Kier molecular flexibility index (Phi) is 5.17. The number of para-hydroxylation sites is 2. The van der Waals surface area contributed by atoms with Gasteiger partial charge in [0.05, 0.1) is 27.9 Å². The summed E-state index contributed by atoms with van der Waals surface area (Å²) in [5, 5.41) is 10.2. The van der Waals surface area contributed by atoms with Crippen LogP contribution in [-0.4, -0.2) is 14.4 Å². The Bertz CT molecular complexity index is 2890. The first-order valence-electron chi connectivity index (χ1n) is 15.4. The summed E-state index contributed by atoms with van der Waals surface area (Å²) in [6.07, 6.45) is 3.61. The van der Waals surface area contributed by atoms with Gasteiger partial charge in [0.2, 0.25) is 0 Å². The lowest BCUT2D eigenvalue weighted by molar-refractivity contribution is 1.16. The fourth-order valence-corrected chi connectivity index (χ4v) is 8.71. The van der Waals surface area contributed by atoms with E-state index in [1.165, 1.54) is 69.0 Å². The third-order valence-corrected chi connectivity index (χ3v) is 10.7. The second kappa shape index (κ2) is 9.33. The summed E-state index contributed by atoms with van der Waals surface area (Å²) in [4.78, 5) is 10.1. The van der Waals surface area contributed by atoms with Crippen LogP contribution in [-0.2, 0) is 0 Å². The fourth-order valence-electron chi connectivity index (χ4n) is 7.47. The summed E-state index contributed by atoms with van der Waals surface area (Å²) < 4.78 is 5.06. The quantitative estimate of drug-likeness (QED) is 0.200. The van der Waals surface area contributed by atoms with Crippen LogP contribution in [0.15, 0.2) is 128 Å². The first kappa shape index (κ1) is 25.5. The van der Waals surface area contributed by atoms with Gasteiger partial charge in [0.15, 0.2) is 5.82 Å². The highest BCUT2D eigenvalue weighted by atomic mass is 32.1. The Morgan fingerprint density at radius 2 is 1.33 bits per heavy atom. The molecular formula is C42H25N3S. The zero-order chi connectivity index (χ0) is 30.5. The molecule has 0 atom stereocenters. The van der Waals surface area contributed by atoms with Gasteiger partial charge in [-0.3, -0.25) is 0 Å². The molecular weight excluding hydrogens is 579 g/mol. The number of rotatable bonds is 4. The molecule has 3 nitrogen and oxygen atoms in total. The van der Waals surface area contributed by atoms with Crippen LogP contribution in [0.3, 0.4) is 0 Å². The molecule has 0 fully saturated rings.